The van der Waals surface area contributed by atoms with E-state index in [2.05, 4.69) is 17.8 Å². The third kappa shape index (κ3) is 6.66. The van der Waals surface area contributed by atoms with Gasteiger partial charge in [0.05, 0.1) is 12.2 Å². The molecule has 2 rings (SSSR count). The van der Waals surface area contributed by atoms with Crippen molar-refractivity contribution >= 4 is 11.8 Å². The Balaban J connectivity index is 1.83. The van der Waals surface area contributed by atoms with Crippen molar-refractivity contribution in [3.8, 4) is 11.5 Å². The monoisotopic (exact) mass is 370 g/mol. The molecule has 0 aliphatic heterocycles. The maximum absolute atomic E-state index is 12.3. The fourth-order valence-corrected chi connectivity index (χ4v) is 2.24. The van der Waals surface area contributed by atoms with Gasteiger partial charge in [0.15, 0.2) is 6.61 Å². The van der Waals surface area contributed by atoms with Crippen LogP contribution >= 0.6 is 0 Å². The van der Waals surface area contributed by atoms with E-state index in [0.29, 0.717) is 29.6 Å². The Kier molecular flexibility index (Phi) is 7.67. The molecule has 2 aromatic rings. The summed E-state index contributed by atoms with van der Waals surface area (Å²) in [4.78, 5) is 24.2. The zero-order valence-electron chi connectivity index (χ0n) is 16.0. The lowest BCUT2D eigenvalue weighted by atomic mass is 10.2. The molecular weight excluding hydrogens is 344 g/mol. The van der Waals surface area contributed by atoms with Crippen molar-refractivity contribution in [3.05, 3.63) is 59.7 Å². The Morgan fingerprint density at radius 3 is 2.33 bits per heavy atom. The minimum atomic E-state index is -0.455. The highest BCUT2D eigenvalue weighted by molar-refractivity contribution is 5.97. The average Bonchev–Trinajstić information content (AvgIpc) is 2.69. The van der Waals surface area contributed by atoms with Crippen molar-refractivity contribution in [2.45, 2.75) is 27.2 Å². The van der Waals surface area contributed by atoms with Gasteiger partial charge in [-0.15, -0.1) is 0 Å². The molecule has 2 N–H and O–H groups in total. The molecule has 2 aromatic carbocycles. The van der Waals surface area contributed by atoms with E-state index in [4.69, 9.17) is 9.47 Å². The Morgan fingerprint density at radius 1 is 0.963 bits per heavy atom. The van der Waals surface area contributed by atoms with E-state index in [1.165, 1.54) is 5.56 Å². The zero-order chi connectivity index (χ0) is 19.6. The van der Waals surface area contributed by atoms with Gasteiger partial charge in [-0.2, -0.15) is 0 Å². The van der Waals surface area contributed by atoms with Crippen LogP contribution in [0.1, 0.15) is 36.7 Å². The summed E-state index contributed by atoms with van der Waals surface area (Å²) in [6, 6.07) is 14.4. The van der Waals surface area contributed by atoms with Crippen LogP contribution in [0, 0.1) is 5.92 Å². The number of nitrogens with one attached hydrogen (secondary N) is 2. The number of carbonyl (C=O) groups excluding carboxylic acids is 2. The quantitative estimate of drug-likeness (QED) is 0.700. The first-order valence-corrected chi connectivity index (χ1v) is 9.02. The third-order valence-corrected chi connectivity index (χ3v) is 3.72. The van der Waals surface area contributed by atoms with Crippen LogP contribution in [0.2, 0.25) is 0 Å². The molecule has 0 unspecified atom stereocenters. The van der Waals surface area contributed by atoms with Crippen LogP contribution in [0.3, 0.4) is 0 Å². The van der Waals surface area contributed by atoms with Gasteiger partial charge in [0.1, 0.15) is 11.5 Å². The number of hydrogen-bond donors (Lipinski definition) is 2. The largest absolute Gasteiger partial charge is 0.492 e. The molecular formula is C21H26N2O4. The molecule has 0 atom stereocenters. The number of ether oxygens (including phenoxy) is 2. The molecule has 0 bridgehead atoms. The second-order valence-electron chi connectivity index (χ2n) is 6.49. The summed E-state index contributed by atoms with van der Waals surface area (Å²) in [7, 11) is 0. The van der Waals surface area contributed by atoms with Gasteiger partial charge in [0.25, 0.3) is 11.8 Å². The molecule has 0 heterocycles. The fraction of sp³-hybridized carbons (Fsp3) is 0.333. The normalized spacial score (nSPS) is 10.4. The molecule has 0 saturated heterocycles. The second kappa shape index (κ2) is 10.2. The molecule has 6 nitrogen and oxygen atoms in total. The lowest BCUT2D eigenvalue weighted by Gasteiger charge is -2.13. The summed E-state index contributed by atoms with van der Waals surface area (Å²) >= 11 is 0. The number of hydrazine groups is 1. The molecule has 0 saturated carbocycles. The first kappa shape index (κ1) is 20.3. The van der Waals surface area contributed by atoms with Crippen LogP contribution in [0.15, 0.2) is 48.5 Å². The maximum atomic E-state index is 12.3. The first-order valence-electron chi connectivity index (χ1n) is 9.02. The van der Waals surface area contributed by atoms with Gasteiger partial charge in [-0.25, -0.2) is 0 Å². The molecule has 0 aliphatic rings. The number of aryl methyl sites for hydroxylation is 1. The molecule has 144 valence electrons. The molecule has 0 aromatic heterocycles. The highest BCUT2D eigenvalue weighted by atomic mass is 16.5. The van der Waals surface area contributed by atoms with Crippen LogP contribution in [-0.2, 0) is 11.2 Å². The van der Waals surface area contributed by atoms with Crippen LogP contribution in [0.4, 0.5) is 0 Å². The highest BCUT2D eigenvalue weighted by Crippen LogP contribution is 2.18. The number of benzene rings is 2. The predicted molar refractivity (Wildman–Crippen MR) is 104 cm³/mol. The smallest absolute Gasteiger partial charge is 0.276 e. The van der Waals surface area contributed by atoms with E-state index in [9.17, 15) is 9.59 Å². The number of para-hydroxylation sites is 1. The first-order chi connectivity index (χ1) is 13.0. The Hall–Kier alpha value is -3.02. The van der Waals surface area contributed by atoms with E-state index in [-0.39, 0.29) is 6.61 Å². The summed E-state index contributed by atoms with van der Waals surface area (Å²) in [6.45, 7) is 6.42. The number of rotatable bonds is 8. The summed E-state index contributed by atoms with van der Waals surface area (Å²) < 4.78 is 11.1. The Morgan fingerprint density at radius 2 is 1.67 bits per heavy atom. The number of carbonyl (C=O) groups is 2. The molecule has 6 heteroatoms. The van der Waals surface area contributed by atoms with Gasteiger partial charge in [-0.05, 0) is 42.2 Å². The van der Waals surface area contributed by atoms with Gasteiger partial charge in [0.2, 0.25) is 0 Å². The molecule has 0 aliphatic carbocycles. The highest BCUT2D eigenvalue weighted by Gasteiger charge is 2.13. The SMILES string of the molecule is CCc1ccc(OCC(=O)NNC(=O)c2ccccc2OCC(C)C)cc1. The van der Waals surface area contributed by atoms with E-state index < -0.39 is 11.8 Å². The number of hydrogen-bond acceptors (Lipinski definition) is 4. The topological polar surface area (TPSA) is 76.7 Å². The van der Waals surface area contributed by atoms with Gasteiger partial charge < -0.3 is 9.47 Å². The maximum Gasteiger partial charge on any atom is 0.276 e. The van der Waals surface area contributed by atoms with Crippen LogP contribution in [0.25, 0.3) is 0 Å². The molecule has 2 amide bonds. The van der Waals surface area contributed by atoms with Gasteiger partial charge in [-0.1, -0.05) is 45.0 Å². The minimum absolute atomic E-state index is 0.197. The van der Waals surface area contributed by atoms with Crippen molar-refractivity contribution in [1.29, 1.82) is 0 Å². The summed E-state index contributed by atoms with van der Waals surface area (Å²) in [5, 5.41) is 0. The second-order valence-corrected chi connectivity index (χ2v) is 6.49. The summed E-state index contributed by atoms with van der Waals surface area (Å²) in [6.07, 6.45) is 0.940. The number of amides is 2. The predicted octanol–water partition coefficient (Wildman–Crippen LogP) is 3.12. The van der Waals surface area contributed by atoms with Crippen LogP contribution in [0.5, 0.6) is 11.5 Å². The van der Waals surface area contributed by atoms with Gasteiger partial charge >= 0.3 is 0 Å². The third-order valence-electron chi connectivity index (χ3n) is 3.72. The van der Waals surface area contributed by atoms with Gasteiger partial charge in [-0.3, -0.25) is 20.4 Å². The molecule has 0 radical (unpaired) electrons. The van der Waals surface area contributed by atoms with Crippen molar-refractivity contribution in [2.24, 2.45) is 5.92 Å². The molecule has 0 spiro atoms. The van der Waals surface area contributed by atoms with Crippen molar-refractivity contribution < 1.29 is 19.1 Å². The summed E-state index contributed by atoms with van der Waals surface area (Å²) in [5.74, 6) is 0.509. The summed E-state index contributed by atoms with van der Waals surface area (Å²) in [5.41, 5.74) is 6.28. The molecule has 0 fully saturated rings. The van der Waals surface area contributed by atoms with E-state index in [0.717, 1.165) is 6.42 Å². The van der Waals surface area contributed by atoms with Crippen LogP contribution < -0.4 is 20.3 Å². The lowest BCUT2D eigenvalue weighted by Crippen LogP contribution is -2.43. The van der Waals surface area contributed by atoms with E-state index in [1.807, 2.05) is 38.1 Å². The Bertz CT molecular complexity index is 757. The van der Waals surface area contributed by atoms with E-state index in [1.54, 1.807) is 24.3 Å². The van der Waals surface area contributed by atoms with Crippen LogP contribution in [-0.4, -0.2) is 25.0 Å². The standard InChI is InChI=1S/C21H26N2O4/c1-4-16-9-11-17(12-10-16)26-14-20(24)22-23-21(25)18-7-5-6-8-19(18)27-13-15(2)3/h5-12,15H,4,13-14H2,1-3H3,(H,22,24)(H,23,25). The van der Waals surface area contributed by atoms with Crippen molar-refractivity contribution in [3.63, 3.8) is 0 Å². The van der Waals surface area contributed by atoms with Crippen molar-refractivity contribution in [2.75, 3.05) is 13.2 Å². The average molecular weight is 370 g/mol. The van der Waals surface area contributed by atoms with E-state index >= 15 is 0 Å². The molecule has 27 heavy (non-hydrogen) atoms. The Labute approximate surface area is 159 Å². The van der Waals surface area contributed by atoms with Gasteiger partial charge in [0, 0.05) is 0 Å². The minimum Gasteiger partial charge on any atom is -0.492 e. The fourth-order valence-electron chi connectivity index (χ4n) is 2.24. The van der Waals surface area contributed by atoms with Crippen molar-refractivity contribution in [1.82, 2.24) is 10.9 Å². The zero-order valence-corrected chi connectivity index (χ0v) is 16.0. The lowest BCUT2D eigenvalue weighted by molar-refractivity contribution is -0.123.